The summed E-state index contributed by atoms with van der Waals surface area (Å²) in [5, 5.41) is 12.9. The predicted octanol–water partition coefficient (Wildman–Crippen LogP) is 0.183. The van der Waals surface area contributed by atoms with Gasteiger partial charge in [0.1, 0.15) is 11.2 Å². The average Bonchev–Trinajstić information content (AvgIpc) is 2.89. The van der Waals surface area contributed by atoms with Crippen molar-refractivity contribution in [2.24, 2.45) is 0 Å². The van der Waals surface area contributed by atoms with E-state index in [9.17, 15) is 4.79 Å². The summed E-state index contributed by atoms with van der Waals surface area (Å²) in [6.45, 7) is 1.61. The van der Waals surface area contributed by atoms with Gasteiger partial charge in [-0.1, -0.05) is 6.04 Å². The number of fused-ring (bicyclic) bond motifs is 1. The Morgan fingerprint density at radius 2 is 2.41 bits per heavy atom. The molecule has 0 aromatic carbocycles. The van der Waals surface area contributed by atoms with E-state index in [0.29, 0.717) is 5.56 Å². The number of aromatic nitrogens is 6. The molecule has 0 bridgehead atoms. The van der Waals surface area contributed by atoms with E-state index in [1.54, 1.807) is 6.92 Å². The number of H-pyrrole nitrogens is 1. The molecule has 3 rings (SSSR count). The zero-order chi connectivity index (χ0) is 14.4. The van der Waals surface area contributed by atoms with Crippen LogP contribution >= 0.6 is 0 Å². The first-order chi connectivity index (χ1) is 9.50. The molecule has 0 saturated carbocycles. The van der Waals surface area contributed by atoms with Crippen LogP contribution in [-0.4, -0.2) is 30.0 Å². The summed E-state index contributed by atoms with van der Waals surface area (Å²) >= 11 is 0. The SMILES string of the molecule is [2H]c1cc([2H])n2c(=O)c(-c3nn[nH]n3)c([2H])nc2c1C. The van der Waals surface area contributed by atoms with Gasteiger partial charge in [0.25, 0.3) is 5.56 Å². The summed E-state index contributed by atoms with van der Waals surface area (Å²) < 4.78 is 24.4. The number of pyridine rings is 1. The molecule has 0 unspecified atom stereocenters. The highest BCUT2D eigenvalue weighted by molar-refractivity contribution is 5.55. The number of nitrogens with zero attached hydrogens (tertiary/aromatic N) is 5. The van der Waals surface area contributed by atoms with E-state index in [1.165, 1.54) is 6.07 Å². The van der Waals surface area contributed by atoms with Gasteiger partial charge in [-0.05, 0) is 23.8 Å². The number of nitrogens with one attached hydrogen (secondary N) is 1. The predicted molar refractivity (Wildman–Crippen MR) is 59.4 cm³/mol. The largest absolute Gasteiger partial charge is 0.269 e. The summed E-state index contributed by atoms with van der Waals surface area (Å²) in [4.78, 5) is 16.4. The van der Waals surface area contributed by atoms with Gasteiger partial charge in [-0.3, -0.25) is 9.20 Å². The number of tetrazole rings is 1. The molecule has 3 heterocycles. The molecule has 0 spiro atoms. The minimum atomic E-state index is -0.630. The van der Waals surface area contributed by atoms with Crippen LogP contribution in [-0.2, 0) is 0 Å². The number of hydrogen-bond donors (Lipinski definition) is 1. The van der Waals surface area contributed by atoms with Gasteiger partial charge in [0.2, 0.25) is 5.82 Å². The molecule has 84 valence electrons. The molecular formula is C10H8N6O. The van der Waals surface area contributed by atoms with Crippen molar-refractivity contribution in [2.75, 3.05) is 0 Å². The fourth-order valence-electron chi connectivity index (χ4n) is 1.47. The lowest BCUT2D eigenvalue weighted by atomic mass is 10.2. The fraction of sp³-hybridized carbons (Fsp3) is 0.100. The summed E-state index contributed by atoms with van der Waals surface area (Å²) in [7, 11) is 0. The van der Waals surface area contributed by atoms with Crippen molar-refractivity contribution in [1.82, 2.24) is 30.0 Å². The lowest BCUT2D eigenvalue weighted by molar-refractivity contribution is 0.881. The van der Waals surface area contributed by atoms with E-state index in [1.807, 2.05) is 0 Å². The average molecular weight is 231 g/mol. The summed E-state index contributed by atoms with van der Waals surface area (Å²) in [5.74, 6) is -0.0473. The third-order valence-corrected chi connectivity index (χ3v) is 2.29. The maximum absolute atomic E-state index is 12.4. The smallest absolute Gasteiger partial charge is 0.268 e. The van der Waals surface area contributed by atoms with Crippen molar-refractivity contribution < 1.29 is 4.11 Å². The van der Waals surface area contributed by atoms with Crippen LogP contribution in [0.3, 0.4) is 0 Å². The van der Waals surface area contributed by atoms with E-state index in [0.717, 1.165) is 4.40 Å². The number of rotatable bonds is 1. The van der Waals surface area contributed by atoms with Crippen molar-refractivity contribution in [3.8, 4) is 11.4 Å². The van der Waals surface area contributed by atoms with Gasteiger partial charge >= 0.3 is 0 Å². The fourth-order valence-corrected chi connectivity index (χ4v) is 1.47. The molecule has 0 fully saturated rings. The van der Waals surface area contributed by atoms with Gasteiger partial charge in [-0.25, -0.2) is 4.98 Å². The van der Waals surface area contributed by atoms with Crippen molar-refractivity contribution in [2.45, 2.75) is 6.92 Å². The van der Waals surface area contributed by atoms with Crippen molar-refractivity contribution in [3.05, 3.63) is 40.4 Å². The second-order valence-corrected chi connectivity index (χ2v) is 3.34. The summed E-state index contributed by atoms with van der Waals surface area (Å²) in [6, 6.07) is 1.34. The summed E-state index contributed by atoms with van der Waals surface area (Å²) in [5.41, 5.74) is -0.229. The third-order valence-electron chi connectivity index (χ3n) is 2.29. The first kappa shape index (κ1) is 6.89. The molecule has 0 saturated heterocycles. The van der Waals surface area contributed by atoms with Crippen LogP contribution in [0.1, 0.15) is 9.68 Å². The maximum Gasteiger partial charge on any atom is 0.269 e. The Kier molecular flexibility index (Phi) is 1.41. The van der Waals surface area contributed by atoms with Crippen molar-refractivity contribution >= 4 is 5.65 Å². The molecule has 17 heavy (non-hydrogen) atoms. The Labute approximate surface area is 99.4 Å². The molecule has 7 heteroatoms. The highest BCUT2D eigenvalue weighted by atomic mass is 16.1. The van der Waals surface area contributed by atoms with E-state index >= 15 is 0 Å². The van der Waals surface area contributed by atoms with Crippen LogP contribution in [0.15, 0.2) is 29.2 Å². The van der Waals surface area contributed by atoms with Gasteiger partial charge in [0.15, 0.2) is 0 Å². The molecule has 0 aliphatic rings. The zero-order valence-corrected chi connectivity index (χ0v) is 8.72. The Bertz CT molecular complexity index is 873. The molecule has 7 nitrogen and oxygen atoms in total. The third kappa shape index (κ3) is 1.40. The quantitative estimate of drug-likeness (QED) is 0.645. The molecule has 3 aromatic rings. The van der Waals surface area contributed by atoms with Gasteiger partial charge < -0.3 is 0 Å². The highest BCUT2D eigenvalue weighted by Crippen LogP contribution is 2.09. The molecule has 0 radical (unpaired) electrons. The van der Waals surface area contributed by atoms with Crippen LogP contribution in [0.25, 0.3) is 17.0 Å². The van der Waals surface area contributed by atoms with E-state index in [-0.39, 0.29) is 35.4 Å². The molecular weight excluding hydrogens is 220 g/mol. The second-order valence-electron chi connectivity index (χ2n) is 3.34. The van der Waals surface area contributed by atoms with Gasteiger partial charge in [-0.15, -0.1) is 10.2 Å². The number of aromatic amines is 1. The molecule has 0 aliphatic heterocycles. The molecule has 0 aliphatic carbocycles. The Morgan fingerprint density at radius 1 is 1.53 bits per heavy atom. The minimum absolute atomic E-state index is 0.0473. The first-order valence-corrected chi connectivity index (χ1v) is 4.74. The number of hydrogen-bond acceptors (Lipinski definition) is 5. The molecule has 1 N–H and O–H groups in total. The lowest BCUT2D eigenvalue weighted by Crippen LogP contribution is -2.17. The topological polar surface area (TPSA) is 88.8 Å². The van der Waals surface area contributed by atoms with Crippen molar-refractivity contribution in [1.29, 1.82) is 0 Å². The highest BCUT2D eigenvalue weighted by Gasteiger charge is 2.11. The monoisotopic (exact) mass is 231 g/mol. The normalized spacial score (nSPS) is 13.4. The zero-order valence-electron chi connectivity index (χ0n) is 11.7. The van der Waals surface area contributed by atoms with Crippen LogP contribution in [0.2, 0.25) is 0 Å². The van der Waals surface area contributed by atoms with Gasteiger partial charge in [-0.2, -0.15) is 5.21 Å². The standard InChI is InChI=1S/C10H8N6O/c1-6-3-2-4-16-9(6)11-5-7(10(16)17)8-12-14-15-13-8/h2-5H,1H3,(H,12,13,14,15)/i3D,4D,5D. The lowest BCUT2D eigenvalue weighted by Gasteiger charge is -2.03. The van der Waals surface area contributed by atoms with Crippen LogP contribution in [0.4, 0.5) is 0 Å². The van der Waals surface area contributed by atoms with Crippen LogP contribution in [0, 0.1) is 6.92 Å². The van der Waals surface area contributed by atoms with Crippen molar-refractivity contribution in [3.63, 3.8) is 0 Å². The Balaban J connectivity index is 2.51. The molecule has 0 amide bonds. The van der Waals surface area contributed by atoms with Crippen LogP contribution in [0.5, 0.6) is 0 Å². The van der Waals surface area contributed by atoms with Crippen LogP contribution < -0.4 is 5.56 Å². The first-order valence-electron chi connectivity index (χ1n) is 6.24. The second kappa shape index (κ2) is 3.48. The van der Waals surface area contributed by atoms with E-state index < -0.39 is 5.56 Å². The Morgan fingerprint density at radius 3 is 3.18 bits per heavy atom. The number of aryl methyl sites for hydroxylation is 1. The molecule has 3 aromatic heterocycles. The van der Waals surface area contributed by atoms with E-state index in [2.05, 4.69) is 25.6 Å². The van der Waals surface area contributed by atoms with Gasteiger partial charge in [0.05, 0.1) is 4.11 Å². The minimum Gasteiger partial charge on any atom is -0.268 e. The van der Waals surface area contributed by atoms with E-state index in [4.69, 9.17) is 4.11 Å². The Hall–Kier alpha value is -2.57. The molecule has 0 atom stereocenters. The summed E-state index contributed by atoms with van der Waals surface area (Å²) in [6.07, 6.45) is -0.498. The maximum atomic E-state index is 12.4. The van der Waals surface area contributed by atoms with Gasteiger partial charge in [0, 0.05) is 12.3 Å².